The highest BCUT2D eigenvalue weighted by Crippen LogP contribution is 2.16. The average molecular weight is 214 g/mol. The van der Waals surface area contributed by atoms with Gasteiger partial charge in [-0.1, -0.05) is 0 Å². The van der Waals surface area contributed by atoms with Crippen LogP contribution in [0.4, 0.5) is 0 Å². The van der Waals surface area contributed by atoms with E-state index in [9.17, 15) is 10.2 Å². The van der Waals surface area contributed by atoms with E-state index in [1.165, 1.54) is 12.4 Å². The van der Waals surface area contributed by atoms with Gasteiger partial charge in [0.05, 0.1) is 24.2 Å². The second-order valence-corrected chi connectivity index (χ2v) is 3.27. The van der Waals surface area contributed by atoms with Crippen LogP contribution in [0.3, 0.4) is 0 Å². The maximum atomic E-state index is 9.59. The van der Waals surface area contributed by atoms with Gasteiger partial charge in [-0.3, -0.25) is 9.97 Å². The molecule has 0 radical (unpaired) electrons. The fourth-order valence-corrected chi connectivity index (χ4v) is 1.12. The van der Waals surface area contributed by atoms with Gasteiger partial charge < -0.3 is 20.4 Å². The van der Waals surface area contributed by atoms with E-state index >= 15 is 0 Å². The molecule has 3 unspecified atom stereocenters. The van der Waals surface area contributed by atoms with Gasteiger partial charge in [-0.05, 0) is 6.92 Å². The molecule has 0 spiro atoms. The Morgan fingerprint density at radius 3 is 2.47 bits per heavy atom. The number of hydrogen-bond acceptors (Lipinski definition) is 6. The molecule has 84 valence electrons. The first-order valence-electron chi connectivity index (χ1n) is 4.50. The lowest BCUT2D eigenvalue weighted by Crippen LogP contribution is -2.35. The monoisotopic (exact) mass is 214 g/mol. The Morgan fingerprint density at radius 2 is 1.93 bits per heavy atom. The van der Waals surface area contributed by atoms with Gasteiger partial charge in [0.1, 0.15) is 18.3 Å². The van der Waals surface area contributed by atoms with Gasteiger partial charge in [0.2, 0.25) is 0 Å². The van der Waals surface area contributed by atoms with Crippen LogP contribution >= 0.6 is 0 Å². The van der Waals surface area contributed by atoms with E-state index in [1.807, 2.05) is 0 Å². The number of aryl methyl sites for hydroxylation is 1. The van der Waals surface area contributed by atoms with Crippen LogP contribution in [0.2, 0.25) is 0 Å². The van der Waals surface area contributed by atoms with E-state index in [0.717, 1.165) is 0 Å². The van der Waals surface area contributed by atoms with Crippen LogP contribution in [0.25, 0.3) is 0 Å². The van der Waals surface area contributed by atoms with Gasteiger partial charge in [0.25, 0.3) is 0 Å². The van der Waals surface area contributed by atoms with Gasteiger partial charge >= 0.3 is 0 Å². The van der Waals surface area contributed by atoms with Crippen LogP contribution in [0.15, 0.2) is 12.4 Å². The molecule has 6 heteroatoms. The van der Waals surface area contributed by atoms with Gasteiger partial charge in [-0.25, -0.2) is 0 Å². The third-order valence-corrected chi connectivity index (χ3v) is 1.98. The predicted molar refractivity (Wildman–Crippen MR) is 50.8 cm³/mol. The van der Waals surface area contributed by atoms with Crippen molar-refractivity contribution in [1.29, 1.82) is 0 Å². The number of aliphatic hydroxyl groups is 4. The molecule has 1 heterocycles. The normalized spacial score (nSPS) is 17.1. The topological polar surface area (TPSA) is 107 Å². The molecule has 0 aliphatic heterocycles. The number of nitrogens with zero attached hydrogens (tertiary/aromatic N) is 2. The van der Waals surface area contributed by atoms with E-state index in [2.05, 4.69) is 9.97 Å². The minimum atomic E-state index is -1.48. The van der Waals surface area contributed by atoms with Crippen molar-refractivity contribution in [3.63, 3.8) is 0 Å². The molecular weight excluding hydrogens is 200 g/mol. The SMILES string of the molecule is Cc1cncc(C(O)C(O)C(O)CO)n1. The summed E-state index contributed by atoms with van der Waals surface area (Å²) >= 11 is 0. The maximum absolute atomic E-state index is 9.59. The molecule has 0 bridgehead atoms. The number of rotatable bonds is 4. The summed E-state index contributed by atoms with van der Waals surface area (Å²) in [6, 6.07) is 0. The summed E-state index contributed by atoms with van der Waals surface area (Å²) in [4.78, 5) is 7.74. The first-order chi connectivity index (χ1) is 7.06. The highest BCUT2D eigenvalue weighted by molar-refractivity contribution is 5.06. The van der Waals surface area contributed by atoms with E-state index < -0.39 is 24.9 Å². The summed E-state index contributed by atoms with van der Waals surface area (Å²) in [5, 5.41) is 36.7. The molecule has 0 fully saturated rings. The van der Waals surface area contributed by atoms with E-state index in [4.69, 9.17) is 10.2 Å². The van der Waals surface area contributed by atoms with E-state index in [1.54, 1.807) is 6.92 Å². The third-order valence-electron chi connectivity index (χ3n) is 1.98. The highest BCUT2D eigenvalue weighted by Gasteiger charge is 2.26. The largest absolute Gasteiger partial charge is 0.394 e. The molecule has 4 N–H and O–H groups in total. The van der Waals surface area contributed by atoms with Crippen molar-refractivity contribution in [3.05, 3.63) is 23.8 Å². The quantitative estimate of drug-likeness (QED) is 0.487. The molecule has 0 amide bonds. The second-order valence-electron chi connectivity index (χ2n) is 3.27. The van der Waals surface area contributed by atoms with Crippen LogP contribution in [-0.4, -0.2) is 49.2 Å². The van der Waals surface area contributed by atoms with Crippen molar-refractivity contribution >= 4 is 0 Å². The second kappa shape index (κ2) is 5.13. The summed E-state index contributed by atoms with van der Waals surface area (Å²) in [5.74, 6) is 0. The standard InChI is InChI=1S/C9H14N2O4/c1-5-2-10-3-6(11-5)8(14)9(15)7(13)4-12/h2-3,7-9,12-15H,4H2,1H3. The summed E-state index contributed by atoms with van der Waals surface area (Å²) in [6.07, 6.45) is -1.44. The molecule has 0 aromatic carbocycles. The maximum Gasteiger partial charge on any atom is 0.126 e. The summed E-state index contributed by atoms with van der Waals surface area (Å²) in [5.41, 5.74) is 0.757. The lowest BCUT2D eigenvalue weighted by atomic mass is 10.1. The average Bonchev–Trinajstić information content (AvgIpc) is 2.26. The Hall–Kier alpha value is -1.08. The van der Waals surface area contributed by atoms with E-state index in [-0.39, 0.29) is 5.69 Å². The number of aliphatic hydroxyl groups excluding tert-OH is 4. The Labute approximate surface area is 86.9 Å². The molecule has 1 rings (SSSR count). The Balaban J connectivity index is 2.80. The molecule has 1 aromatic rings. The van der Waals surface area contributed by atoms with Crippen LogP contribution < -0.4 is 0 Å². The molecule has 0 saturated carbocycles. The van der Waals surface area contributed by atoms with Crippen molar-refractivity contribution in [2.45, 2.75) is 25.2 Å². The van der Waals surface area contributed by atoms with Crippen molar-refractivity contribution in [1.82, 2.24) is 9.97 Å². The smallest absolute Gasteiger partial charge is 0.126 e. The van der Waals surface area contributed by atoms with Crippen LogP contribution in [0, 0.1) is 6.92 Å². The molecule has 6 nitrogen and oxygen atoms in total. The van der Waals surface area contributed by atoms with Gasteiger partial charge in [0, 0.05) is 6.20 Å². The fourth-order valence-electron chi connectivity index (χ4n) is 1.12. The van der Waals surface area contributed by atoms with Crippen molar-refractivity contribution < 1.29 is 20.4 Å². The zero-order valence-electron chi connectivity index (χ0n) is 8.28. The predicted octanol–water partition coefficient (Wildman–Crippen LogP) is -1.47. The summed E-state index contributed by atoms with van der Waals surface area (Å²) in [7, 11) is 0. The van der Waals surface area contributed by atoms with Crippen molar-refractivity contribution in [2.24, 2.45) is 0 Å². The van der Waals surface area contributed by atoms with Gasteiger partial charge in [-0.2, -0.15) is 0 Å². The lowest BCUT2D eigenvalue weighted by Gasteiger charge is -2.20. The number of hydrogen-bond donors (Lipinski definition) is 4. The Kier molecular flexibility index (Phi) is 4.10. The fraction of sp³-hybridized carbons (Fsp3) is 0.556. The molecular formula is C9H14N2O4. The molecule has 0 aliphatic carbocycles. The van der Waals surface area contributed by atoms with Crippen molar-refractivity contribution in [2.75, 3.05) is 6.61 Å². The molecule has 1 aromatic heterocycles. The van der Waals surface area contributed by atoms with Crippen LogP contribution in [-0.2, 0) is 0 Å². The first kappa shape index (κ1) is 12.0. The summed E-state index contributed by atoms with van der Waals surface area (Å²) < 4.78 is 0. The van der Waals surface area contributed by atoms with E-state index in [0.29, 0.717) is 5.69 Å². The summed E-state index contributed by atoms with van der Waals surface area (Å²) in [6.45, 7) is 1.07. The zero-order chi connectivity index (χ0) is 11.4. The first-order valence-corrected chi connectivity index (χ1v) is 4.50. The zero-order valence-corrected chi connectivity index (χ0v) is 8.28. The van der Waals surface area contributed by atoms with Crippen LogP contribution in [0.1, 0.15) is 17.5 Å². The molecule has 15 heavy (non-hydrogen) atoms. The lowest BCUT2D eigenvalue weighted by molar-refractivity contribution is -0.0790. The minimum absolute atomic E-state index is 0.162. The highest BCUT2D eigenvalue weighted by atomic mass is 16.4. The van der Waals surface area contributed by atoms with Gasteiger partial charge in [-0.15, -0.1) is 0 Å². The van der Waals surface area contributed by atoms with Crippen LogP contribution in [0.5, 0.6) is 0 Å². The minimum Gasteiger partial charge on any atom is -0.394 e. The number of aromatic nitrogens is 2. The molecule has 0 aliphatic rings. The Morgan fingerprint density at radius 1 is 1.27 bits per heavy atom. The Bertz CT molecular complexity index is 321. The molecule has 0 saturated heterocycles. The third kappa shape index (κ3) is 2.93. The molecule has 3 atom stereocenters. The van der Waals surface area contributed by atoms with Gasteiger partial charge in [0.15, 0.2) is 0 Å². The van der Waals surface area contributed by atoms with Crippen molar-refractivity contribution in [3.8, 4) is 0 Å².